The lowest BCUT2D eigenvalue weighted by atomic mass is 10.1. The van der Waals surface area contributed by atoms with Crippen LogP contribution in [0.2, 0.25) is 0 Å². The molecule has 0 unspecified atom stereocenters. The molecule has 4 rings (SSSR count). The number of halogens is 1. The van der Waals surface area contributed by atoms with Crippen molar-refractivity contribution >= 4 is 16.8 Å². The van der Waals surface area contributed by atoms with Crippen molar-refractivity contribution in [3.8, 4) is 0 Å². The molecule has 1 aliphatic heterocycles. The van der Waals surface area contributed by atoms with Crippen LogP contribution in [-0.4, -0.2) is 41.7 Å². The zero-order chi connectivity index (χ0) is 19.3. The molecule has 0 atom stereocenters. The Kier molecular flexibility index (Phi) is 5.72. The van der Waals surface area contributed by atoms with E-state index in [1.54, 1.807) is 11.0 Å². The van der Waals surface area contributed by atoms with Crippen LogP contribution < -0.4 is 0 Å². The number of carbonyl (C=O) groups excluding carboxylic acids is 1. The predicted molar refractivity (Wildman–Crippen MR) is 108 cm³/mol. The lowest BCUT2D eigenvalue weighted by Crippen LogP contribution is -2.40. The van der Waals surface area contributed by atoms with Crippen molar-refractivity contribution in [3.63, 3.8) is 0 Å². The van der Waals surface area contributed by atoms with Crippen molar-refractivity contribution in [1.82, 2.24) is 9.47 Å². The average molecular weight is 380 g/mol. The molecule has 1 saturated heterocycles. The number of aryl methyl sites for hydroxylation is 2. The number of unbranched alkanes of at least 4 members (excludes halogenated alkanes) is 1. The maximum atomic E-state index is 14.6. The summed E-state index contributed by atoms with van der Waals surface area (Å²) in [4.78, 5) is 14.7. The van der Waals surface area contributed by atoms with E-state index >= 15 is 0 Å². The largest absolute Gasteiger partial charge is 0.378 e. The maximum absolute atomic E-state index is 14.6. The van der Waals surface area contributed by atoms with Crippen LogP contribution >= 0.6 is 0 Å². The number of benzene rings is 2. The molecule has 3 aromatic rings. The molecule has 5 heteroatoms. The van der Waals surface area contributed by atoms with Crippen LogP contribution in [0.5, 0.6) is 0 Å². The van der Waals surface area contributed by atoms with Gasteiger partial charge in [0.25, 0.3) is 5.91 Å². The summed E-state index contributed by atoms with van der Waals surface area (Å²) < 4.78 is 21.9. The fraction of sp³-hybridized carbons (Fsp3) is 0.348. The Balaban J connectivity index is 1.52. The van der Waals surface area contributed by atoms with Gasteiger partial charge in [0.05, 0.1) is 24.3 Å². The minimum Gasteiger partial charge on any atom is -0.378 e. The van der Waals surface area contributed by atoms with E-state index < -0.39 is 0 Å². The standard InChI is InChI=1S/C23H25FN2O2/c24-20-10-6-11-21-22(20)19(23(27)25-13-15-28-16-14-25)17-26(21)12-5-4-9-18-7-2-1-3-8-18/h1-3,6-8,10-11,17H,4-5,9,12-16H2. The van der Waals surface area contributed by atoms with Gasteiger partial charge in [0.2, 0.25) is 0 Å². The molecule has 1 amide bonds. The summed E-state index contributed by atoms with van der Waals surface area (Å²) in [7, 11) is 0. The van der Waals surface area contributed by atoms with Crippen LogP contribution in [0, 0.1) is 5.82 Å². The van der Waals surface area contributed by atoms with Crippen molar-refractivity contribution in [2.24, 2.45) is 0 Å². The smallest absolute Gasteiger partial charge is 0.256 e. The Morgan fingerprint density at radius 2 is 1.79 bits per heavy atom. The second-order valence-corrected chi connectivity index (χ2v) is 7.22. The quantitative estimate of drug-likeness (QED) is 0.599. The van der Waals surface area contributed by atoms with E-state index in [9.17, 15) is 9.18 Å². The number of hydrogen-bond acceptors (Lipinski definition) is 2. The highest BCUT2D eigenvalue weighted by molar-refractivity contribution is 6.07. The molecule has 1 fully saturated rings. The number of ether oxygens (including phenoxy) is 1. The summed E-state index contributed by atoms with van der Waals surface area (Å²) in [6.45, 7) is 2.94. The summed E-state index contributed by atoms with van der Waals surface area (Å²) >= 11 is 0. The molecule has 0 N–H and O–H groups in total. The number of rotatable bonds is 6. The second kappa shape index (κ2) is 8.57. The summed E-state index contributed by atoms with van der Waals surface area (Å²) in [6.07, 6.45) is 4.87. The normalized spacial score (nSPS) is 14.5. The van der Waals surface area contributed by atoms with Crippen LogP contribution in [0.4, 0.5) is 4.39 Å². The molecule has 0 saturated carbocycles. The molecular formula is C23H25FN2O2. The van der Waals surface area contributed by atoms with Crippen LogP contribution in [-0.2, 0) is 17.7 Å². The molecule has 1 aliphatic rings. The van der Waals surface area contributed by atoms with E-state index in [4.69, 9.17) is 4.74 Å². The van der Waals surface area contributed by atoms with Gasteiger partial charge >= 0.3 is 0 Å². The van der Waals surface area contributed by atoms with Gasteiger partial charge in [-0.05, 0) is 37.0 Å². The summed E-state index contributed by atoms with van der Waals surface area (Å²) in [5.41, 5.74) is 2.57. The molecule has 0 spiro atoms. The average Bonchev–Trinajstić information content (AvgIpc) is 3.12. The van der Waals surface area contributed by atoms with Crippen molar-refractivity contribution in [2.75, 3.05) is 26.3 Å². The van der Waals surface area contributed by atoms with Gasteiger partial charge in [-0.3, -0.25) is 4.79 Å². The van der Waals surface area contributed by atoms with E-state index in [0.717, 1.165) is 31.3 Å². The number of aromatic nitrogens is 1. The van der Waals surface area contributed by atoms with Crippen molar-refractivity contribution in [2.45, 2.75) is 25.8 Å². The summed E-state index contributed by atoms with van der Waals surface area (Å²) in [6, 6.07) is 15.4. The van der Waals surface area contributed by atoms with Gasteiger partial charge in [-0.25, -0.2) is 4.39 Å². The van der Waals surface area contributed by atoms with Crippen molar-refractivity contribution < 1.29 is 13.9 Å². The van der Waals surface area contributed by atoms with E-state index in [-0.39, 0.29) is 11.7 Å². The highest BCUT2D eigenvalue weighted by Gasteiger charge is 2.24. The fourth-order valence-corrected chi connectivity index (χ4v) is 3.85. The highest BCUT2D eigenvalue weighted by Crippen LogP contribution is 2.26. The third-order valence-electron chi connectivity index (χ3n) is 5.34. The van der Waals surface area contributed by atoms with E-state index in [2.05, 4.69) is 24.3 Å². The molecular weight excluding hydrogens is 355 g/mol. The molecule has 2 aromatic carbocycles. The van der Waals surface area contributed by atoms with Gasteiger partial charge < -0.3 is 14.2 Å². The SMILES string of the molecule is O=C(c1cn(CCCCc2ccccc2)c2cccc(F)c12)N1CCOCC1. The van der Waals surface area contributed by atoms with Crippen LogP contribution in [0.1, 0.15) is 28.8 Å². The lowest BCUT2D eigenvalue weighted by Gasteiger charge is -2.26. The van der Waals surface area contributed by atoms with Gasteiger partial charge in [-0.15, -0.1) is 0 Å². The Morgan fingerprint density at radius 1 is 1.00 bits per heavy atom. The second-order valence-electron chi connectivity index (χ2n) is 7.22. The number of nitrogens with zero attached hydrogens (tertiary/aromatic N) is 2. The third-order valence-corrected chi connectivity index (χ3v) is 5.34. The number of amides is 1. The Labute approximate surface area is 164 Å². The monoisotopic (exact) mass is 380 g/mol. The Bertz CT molecular complexity index is 946. The molecule has 0 radical (unpaired) electrons. The van der Waals surface area contributed by atoms with Crippen LogP contribution in [0.25, 0.3) is 10.9 Å². The van der Waals surface area contributed by atoms with Crippen molar-refractivity contribution in [1.29, 1.82) is 0 Å². The topological polar surface area (TPSA) is 34.5 Å². The maximum Gasteiger partial charge on any atom is 0.256 e. The number of morpholine rings is 1. The first-order chi connectivity index (χ1) is 13.7. The Hall–Kier alpha value is -2.66. The third kappa shape index (κ3) is 3.94. The molecule has 146 valence electrons. The van der Waals surface area contributed by atoms with Gasteiger partial charge in [0.1, 0.15) is 5.82 Å². The number of carbonyl (C=O) groups is 1. The zero-order valence-electron chi connectivity index (χ0n) is 15.9. The minimum atomic E-state index is -0.336. The molecule has 4 nitrogen and oxygen atoms in total. The van der Waals surface area contributed by atoms with Crippen LogP contribution in [0.15, 0.2) is 54.7 Å². The molecule has 28 heavy (non-hydrogen) atoms. The molecule has 0 bridgehead atoms. The van der Waals surface area contributed by atoms with E-state index in [1.807, 2.05) is 22.9 Å². The highest BCUT2D eigenvalue weighted by atomic mass is 19.1. The summed E-state index contributed by atoms with van der Waals surface area (Å²) in [5.74, 6) is -0.446. The van der Waals surface area contributed by atoms with Gasteiger partial charge in [0, 0.05) is 31.2 Å². The summed E-state index contributed by atoms with van der Waals surface area (Å²) in [5, 5.41) is 0.432. The first kappa shape index (κ1) is 18.7. The molecule has 1 aromatic heterocycles. The van der Waals surface area contributed by atoms with E-state index in [1.165, 1.54) is 11.6 Å². The van der Waals surface area contributed by atoms with Crippen molar-refractivity contribution in [3.05, 3.63) is 71.7 Å². The van der Waals surface area contributed by atoms with Gasteiger partial charge in [-0.1, -0.05) is 36.4 Å². The van der Waals surface area contributed by atoms with Gasteiger partial charge in [-0.2, -0.15) is 0 Å². The zero-order valence-corrected chi connectivity index (χ0v) is 15.9. The van der Waals surface area contributed by atoms with Gasteiger partial charge in [0.15, 0.2) is 0 Å². The fourth-order valence-electron chi connectivity index (χ4n) is 3.85. The van der Waals surface area contributed by atoms with E-state index in [0.29, 0.717) is 37.3 Å². The molecule has 2 heterocycles. The minimum absolute atomic E-state index is 0.110. The first-order valence-electron chi connectivity index (χ1n) is 9.92. The number of hydrogen-bond donors (Lipinski definition) is 0. The number of fused-ring (bicyclic) bond motifs is 1. The Morgan fingerprint density at radius 3 is 2.57 bits per heavy atom. The molecule has 0 aliphatic carbocycles. The lowest BCUT2D eigenvalue weighted by molar-refractivity contribution is 0.0304. The predicted octanol–water partition coefficient (Wildman–Crippen LogP) is 4.28. The van der Waals surface area contributed by atoms with Crippen LogP contribution in [0.3, 0.4) is 0 Å². The first-order valence-corrected chi connectivity index (χ1v) is 9.92.